The quantitative estimate of drug-likeness (QED) is 0.381. The third-order valence-corrected chi connectivity index (χ3v) is 1.69. The molecule has 0 aromatic heterocycles. The van der Waals surface area contributed by atoms with Gasteiger partial charge in [0.2, 0.25) is 12.3 Å². The summed E-state index contributed by atoms with van der Waals surface area (Å²) in [6, 6.07) is -2.44. The second-order valence-corrected chi connectivity index (χ2v) is 3.00. The number of carbonyl (C=O) groups excluding carboxylic acids is 2. The molecule has 0 aliphatic carbocycles. The number of aliphatic carboxylic acids is 2. The molecular formula is C8H12N2O6. The van der Waals surface area contributed by atoms with Crippen LogP contribution in [0.5, 0.6) is 0 Å². The molecule has 2 amide bonds. The van der Waals surface area contributed by atoms with Gasteiger partial charge in [0, 0.05) is 0 Å². The summed E-state index contributed by atoms with van der Waals surface area (Å²) in [7, 11) is 0. The van der Waals surface area contributed by atoms with Crippen LogP contribution in [0.4, 0.5) is 0 Å². The Kier molecular flexibility index (Phi) is 5.53. The van der Waals surface area contributed by atoms with Crippen molar-refractivity contribution < 1.29 is 29.4 Å². The number of hydrogen-bond acceptors (Lipinski definition) is 4. The second kappa shape index (κ2) is 6.38. The van der Waals surface area contributed by atoms with E-state index in [0.717, 1.165) is 0 Å². The van der Waals surface area contributed by atoms with Gasteiger partial charge in [0.1, 0.15) is 12.1 Å². The van der Waals surface area contributed by atoms with Crippen LogP contribution in [0.3, 0.4) is 0 Å². The van der Waals surface area contributed by atoms with Crippen LogP contribution in [0, 0.1) is 0 Å². The van der Waals surface area contributed by atoms with E-state index in [-0.39, 0.29) is 6.41 Å². The van der Waals surface area contributed by atoms with Crippen LogP contribution in [-0.2, 0) is 19.2 Å². The Morgan fingerprint density at radius 1 is 1.31 bits per heavy atom. The van der Waals surface area contributed by atoms with Crippen molar-refractivity contribution in [2.24, 2.45) is 0 Å². The highest BCUT2D eigenvalue weighted by atomic mass is 16.4. The van der Waals surface area contributed by atoms with Crippen LogP contribution < -0.4 is 10.6 Å². The van der Waals surface area contributed by atoms with Gasteiger partial charge < -0.3 is 20.8 Å². The first-order valence-electron chi connectivity index (χ1n) is 4.33. The lowest BCUT2D eigenvalue weighted by molar-refractivity contribution is -0.142. The Hall–Kier alpha value is -2.12. The van der Waals surface area contributed by atoms with Gasteiger partial charge in [-0.25, -0.2) is 0 Å². The van der Waals surface area contributed by atoms with Gasteiger partial charge >= 0.3 is 11.9 Å². The van der Waals surface area contributed by atoms with Crippen molar-refractivity contribution in [3.8, 4) is 0 Å². The molecule has 4 N–H and O–H groups in total. The summed E-state index contributed by atoms with van der Waals surface area (Å²) in [6.07, 6.45) is -0.435. The molecule has 0 saturated heterocycles. The molecule has 0 heterocycles. The third-order valence-electron chi connectivity index (χ3n) is 1.69. The van der Waals surface area contributed by atoms with Crippen molar-refractivity contribution >= 4 is 24.3 Å². The molecule has 0 aliphatic rings. The maximum absolute atomic E-state index is 11.3. The van der Waals surface area contributed by atoms with E-state index in [2.05, 4.69) is 0 Å². The van der Waals surface area contributed by atoms with Crippen LogP contribution in [-0.4, -0.2) is 46.6 Å². The highest BCUT2D eigenvalue weighted by Crippen LogP contribution is 1.93. The summed E-state index contributed by atoms with van der Waals surface area (Å²) >= 11 is 0. The predicted molar refractivity (Wildman–Crippen MR) is 50.5 cm³/mol. The van der Waals surface area contributed by atoms with E-state index in [1.165, 1.54) is 6.92 Å². The van der Waals surface area contributed by atoms with Crippen molar-refractivity contribution in [1.82, 2.24) is 10.6 Å². The fourth-order valence-electron chi connectivity index (χ4n) is 0.860. The maximum atomic E-state index is 11.3. The molecule has 8 heteroatoms. The van der Waals surface area contributed by atoms with Gasteiger partial charge in [0.15, 0.2) is 0 Å². The van der Waals surface area contributed by atoms with Gasteiger partial charge in [-0.1, -0.05) is 0 Å². The molecule has 0 fully saturated rings. The maximum Gasteiger partial charge on any atom is 0.325 e. The molecule has 0 aromatic rings. The minimum atomic E-state index is -1.28. The van der Waals surface area contributed by atoms with Crippen LogP contribution in [0.15, 0.2) is 0 Å². The van der Waals surface area contributed by atoms with Gasteiger partial charge in [-0.2, -0.15) is 0 Å². The zero-order chi connectivity index (χ0) is 12.7. The standard InChI is InChI=1S/C8H12N2O6/c1-4(8(15)16)10-7(14)5(9-3-11)2-6(12)13/h3-5H,2H2,1H3,(H,9,11)(H,10,14)(H,12,13)(H,15,16)/t4-,5-/m0/s1. The van der Waals surface area contributed by atoms with Gasteiger partial charge in [-0.15, -0.1) is 0 Å². The summed E-state index contributed by atoms with van der Waals surface area (Å²) in [4.78, 5) is 42.2. The average molecular weight is 232 g/mol. The van der Waals surface area contributed by atoms with Crippen LogP contribution in [0.25, 0.3) is 0 Å². The summed E-state index contributed by atoms with van der Waals surface area (Å²) in [5.74, 6) is -3.39. The van der Waals surface area contributed by atoms with E-state index in [1.54, 1.807) is 0 Å². The lowest BCUT2D eigenvalue weighted by Crippen LogP contribution is -2.49. The number of nitrogens with one attached hydrogen (secondary N) is 2. The monoisotopic (exact) mass is 232 g/mol. The minimum absolute atomic E-state index is 0.179. The zero-order valence-electron chi connectivity index (χ0n) is 8.47. The first-order valence-corrected chi connectivity index (χ1v) is 4.33. The molecule has 0 aromatic carbocycles. The highest BCUT2D eigenvalue weighted by Gasteiger charge is 2.24. The van der Waals surface area contributed by atoms with E-state index in [1.807, 2.05) is 10.6 Å². The van der Waals surface area contributed by atoms with E-state index >= 15 is 0 Å². The molecule has 0 rings (SSSR count). The Morgan fingerprint density at radius 2 is 1.88 bits per heavy atom. The minimum Gasteiger partial charge on any atom is -0.481 e. The SMILES string of the molecule is C[C@H](NC(=O)[C@H](CC(=O)O)NC=O)C(=O)O. The topological polar surface area (TPSA) is 133 Å². The Balaban J connectivity index is 4.42. The number of carboxylic acids is 2. The Morgan fingerprint density at radius 3 is 2.25 bits per heavy atom. The van der Waals surface area contributed by atoms with Gasteiger partial charge in [0.25, 0.3) is 0 Å². The molecule has 0 aliphatic heterocycles. The first kappa shape index (κ1) is 13.9. The van der Waals surface area contributed by atoms with E-state index in [9.17, 15) is 19.2 Å². The molecule has 8 nitrogen and oxygen atoms in total. The molecular weight excluding hydrogens is 220 g/mol. The van der Waals surface area contributed by atoms with E-state index < -0.39 is 36.4 Å². The third kappa shape index (κ3) is 4.94. The van der Waals surface area contributed by atoms with E-state index in [0.29, 0.717) is 0 Å². The number of rotatable bonds is 7. The first-order chi connectivity index (χ1) is 7.38. The van der Waals surface area contributed by atoms with Gasteiger partial charge in [-0.3, -0.25) is 19.2 Å². The lowest BCUT2D eigenvalue weighted by Gasteiger charge is -2.15. The van der Waals surface area contributed by atoms with Crippen LogP contribution >= 0.6 is 0 Å². The fraction of sp³-hybridized carbons (Fsp3) is 0.500. The normalized spacial score (nSPS) is 13.3. The van der Waals surface area contributed by atoms with Crippen molar-refractivity contribution in [1.29, 1.82) is 0 Å². The molecule has 16 heavy (non-hydrogen) atoms. The Labute approximate surface area is 90.6 Å². The van der Waals surface area contributed by atoms with E-state index in [4.69, 9.17) is 10.2 Å². The van der Waals surface area contributed by atoms with Crippen molar-refractivity contribution in [3.63, 3.8) is 0 Å². The molecule has 0 bridgehead atoms. The molecule has 0 saturated carbocycles. The Bertz CT molecular complexity index is 303. The van der Waals surface area contributed by atoms with Gasteiger partial charge in [-0.05, 0) is 6.92 Å². The van der Waals surface area contributed by atoms with Crippen LogP contribution in [0.2, 0.25) is 0 Å². The number of amides is 2. The highest BCUT2D eigenvalue weighted by molar-refractivity contribution is 5.90. The van der Waals surface area contributed by atoms with Crippen molar-refractivity contribution in [3.05, 3.63) is 0 Å². The second-order valence-electron chi connectivity index (χ2n) is 3.00. The predicted octanol–water partition coefficient (Wildman–Crippen LogP) is -1.83. The fourth-order valence-corrected chi connectivity index (χ4v) is 0.860. The number of carbonyl (C=O) groups is 4. The molecule has 0 unspecified atom stereocenters. The summed E-state index contributed by atoms with van der Waals surface area (Å²) in [6.45, 7) is 1.22. The van der Waals surface area contributed by atoms with Crippen molar-refractivity contribution in [2.45, 2.75) is 25.4 Å². The zero-order valence-corrected chi connectivity index (χ0v) is 8.47. The smallest absolute Gasteiger partial charge is 0.325 e. The van der Waals surface area contributed by atoms with Crippen molar-refractivity contribution in [2.75, 3.05) is 0 Å². The largest absolute Gasteiger partial charge is 0.481 e. The van der Waals surface area contributed by atoms with Gasteiger partial charge in [0.05, 0.1) is 6.42 Å². The lowest BCUT2D eigenvalue weighted by atomic mass is 10.2. The summed E-state index contributed by atoms with van der Waals surface area (Å²) in [5, 5.41) is 21.0. The number of carboxylic acid groups (broad SMARTS) is 2. The summed E-state index contributed by atoms with van der Waals surface area (Å²) in [5.41, 5.74) is 0. The van der Waals surface area contributed by atoms with Crippen LogP contribution in [0.1, 0.15) is 13.3 Å². The molecule has 0 spiro atoms. The average Bonchev–Trinajstić information content (AvgIpc) is 2.16. The molecule has 90 valence electrons. The molecule has 0 radical (unpaired) electrons. The number of hydrogen-bond donors (Lipinski definition) is 4. The molecule has 2 atom stereocenters. The summed E-state index contributed by atoms with van der Waals surface area (Å²) < 4.78 is 0.